The Balaban J connectivity index is 1.65. The third-order valence-corrected chi connectivity index (χ3v) is 7.86. The van der Waals surface area contributed by atoms with Crippen LogP contribution in [-0.2, 0) is 6.61 Å². The van der Waals surface area contributed by atoms with E-state index >= 15 is 8.78 Å². The highest BCUT2D eigenvalue weighted by molar-refractivity contribution is 14.1. The summed E-state index contributed by atoms with van der Waals surface area (Å²) in [7, 11) is 0. The topological polar surface area (TPSA) is 93.1 Å². The molecule has 1 aliphatic rings. The minimum atomic E-state index is -1.50. The number of hydrogen-bond donors (Lipinski definition) is 3. The van der Waals surface area contributed by atoms with Crippen molar-refractivity contribution in [1.29, 1.82) is 0 Å². The van der Waals surface area contributed by atoms with Crippen LogP contribution in [0.25, 0.3) is 0 Å². The Morgan fingerprint density at radius 2 is 1.72 bits per heavy atom. The zero-order valence-corrected chi connectivity index (χ0v) is 24.3. The fraction of sp³-hybridized carbons (Fsp3) is 0.286. The number of carboxylic acid groups (broad SMARTS) is 1. The summed E-state index contributed by atoms with van der Waals surface area (Å²) in [5, 5.41) is 22.3. The second-order valence-corrected chi connectivity index (χ2v) is 11.3. The third-order valence-electron chi connectivity index (χ3n) is 6.84. The maximum atomic E-state index is 15.4. The standard InChI is InChI=1S/C28H27ClF2IN3O4/c1-14-8-18(32)5-7-23(14)33-26-21(28(38)39)10-20(24(30)25(26)31)27(37)35-15(2)11-34(12-16(35)3)19-6-4-17(13-36)22(29)9-19/h4-10,15-16,33,36H,11-13H2,1-3H3,(H,38,39). The number of carbonyl (C=O) groups excluding carboxylic acids is 1. The number of anilines is 3. The van der Waals surface area contributed by atoms with Gasteiger partial charge in [-0.15, -0.1) is 0 Å². The fourth-order valence-electron chi connectivity index (χ4n) is 4.91. The van der Waals surface area contributed by atoms with Gasteiger partial charge in [-0.1, -0.05) is 17.7 Å². The molecule has 0 bridgehead atoms. The van der Waals surface area contributed by atoms with Crippen LogP contribution in [0.4, 0.5) is 25.8 Å². The van der Waals surface area contributed by atoms with Crippen LogP contribution >= 0.6 is 34.2 Å². The maximum Gasteiger partial charge on any atom is 0.337 e. The number of aryl methyl sites for hydroxylation is 1. The first-order valence-electron chi connectivity index (χ1n) is 12.2. The first-order chi connectivity index (χ1) is 18.4. The number of benzene rings is 3. The Hall–Kier alpha value is -2.96. The van der Waals surface area contributed by atoms with Crippen molar-refractivity contribution < 1.29 is 28.6 Å². The minimum Gasteiger partial charge on any atom is -0.478 e. The van der Waals surface area contributed by atoms with E-state index in [1.807, 2.05) is 17.0 Å². The molecule has 1 heterocycles. The molecule has 1 saturated heterocycles. The molecule has 0 spiro atoms. The molecule has 11 heteroatoms. The van der Waals surface area contributed by atoms with Crippen molar-refractivity contribution >= 4 is 63.1 Å². The van der Waals surface area contributed by atoms with Gasteiger partial charge in [-0.25, -0.2) is 13.6 Å². The lowest BCUT2D eigenvalue weighted by Crippen LogP contribution is -2.59. The predicted molar refractivity (Wildman–Crippen MR) is 155 cm³/mol. The first-order valence-corrected chi connectivity index (χ1v) is 13.6. The van der Waals surface area contributed by atoms with Crippen LogP contribution in [0.1, 0.15) is 45.7 Å². The number of nitrogens with zero attached hydrogens (tertiary/aromatic N) is 2. The summed E-state index contributed by atoms with van der Waals surface area (Å²) < 4.78 is 31.7. The van der Waals surface area contributed by atoms with Gasteiger partial charge in [-0.2, -0.15) is 0 Å². The molecule has 1 aliphatic heterocycles. The van der Waals surface area contributed by atoms with Crippen LogP contribution in [0, 0.1) is 22.1 Å². The molecular formula is C28H27ClF2IN3O4. The van der Waals surface area contributed by atoms with Crippen molar-refractivity contribution in [3.8, 4) is 0 Å². The van der Waals surface area contributed by atoms with Crippen molar-refractivity contribution in [3.63, 3.8) is 0 Å². The highest BCUT2D eigenvalue weighted by Gasteiger charge is 2.36. The van der Waals surface area contributed by atoms with E-state index in [1.165, 1.54) is 4.90 Å². The average molecular weight is 670 g/mol. The number of hydrogen-bond acceptors (Lipinski definition) is 5. The Morgan fingerprint density at radius 3 is 2.28 bits per heavy atom. The van der Waals surface area contributed by atoms with Crippen LogP contribution in [0.3, 0.4) is 0 Å². The minimum absolute atomic E-state index is 0.187. The van der Waals surface area contributed by atoms with Gasteiger partial charge in [0.15, 0.2) is 11.6 Å². The molecule has 3 aromatic rings. The zero-order chi connectivity index (χ0) is 28.6. The number of piperazine rings is 1. The molecule has 0 aliphatic carbocycles. The van der Waals surface area contributed by atoms with E-state index in [0.29, 0.717) is 34.9 Å². The molecule has 2 unspecified atom stereocenters. The van der Waals surface area contributed by atoms with Crippen molar-refractivity contribution in [1.82, 2.24) is 4.90 Å². The van der Waals surface area contributed by atoms with Crippen LogP contribution in [0.2, 0.25) is 5.02 Å². The second-order valence-electron chi connectivity index (χ2n) is 9.61. The van der Waals surface area contributed by atoms with E-state index in [-0.39, 0.29) is 6.61 Å². The Morgan fingerprint density at radius 1 is 1.05 bits per heavy atom. The lowest BCUT2D eigenvalue weighted by molar-refractivity contribution is 0.0568. The summed E-state index contributed by atoms with van der Waals surface area (Å²) in [6, 6.07) is 10.6. The van der Waals surface area contributed by atoms with Gasteiger partial charge in [0, 0.05) is 45.1 Å². The largest absolute Gasteiger partial charge is 0.478 e. The summed E-state index contributed by atoms with van der Waals surface area (Å²) in [5.74, 6) is -5.14. The van der Waals surface area contributed by atoms with Crippen LogP contribution in [0.15, 0.2) is 42.5 Å². The molecule has 1 fully saturated rings. The molecule has 3 N–H and O–H groups in total. The van der Waals surface area contributed by atoms with E-state index in [4.69, 9.17) is 11.6 Å². The van der Waals surface area contributed by atoms with Crippen LogP contribution in [0.5, 0.6) is 0 Å². The van der Waals surface area contributed by atoms with Gasteiger partial charge in [0.05, 0.1) is 23.4 Å². The zero-order valence-electron chi connectivity index (χ0n) is 21.4. The Kier molecular flexibility index (Phi) is 8.67. The summed E-state index contributed by atoms with van der Waals surface area (Å²) in [5.41, 5.74) is 0.790. The second kappa shape index (κ2) is 11.6. The molecule has 39 heavy (non-hydrogen) atoms. The maximum absolute atomic E-state index is 15.4. The van der Waals surface area contributed by atoms with Gasteiger partial charge >= 0.3 is 5.97 Å². The molecular weight excluding hydrogens is 643 g/mol. The van der Waals surface area contributed by atoms with Gasteiger partial charge < -0.3 is 25.3 Å². The summed E-state index contributed by atoms with van der Waals surface area (Å²) in [4.78, 5) is 29.1. The van der Waals surface area contributed by atoms with Gasteiger partial charge in [-0.05, 0) is 90.9 Å². The Bertz CT molecular complexity index is 1440. The van der Waals surface area contributed by atoms with E-state index in [1.54, 1.807) is 45.0 Å². The van der Waals surface area contributed by atoms with Crippen molar-refractivity contribution in [3.05, 3.63) is 84.9 Å². The first kappa shape index (κ1) is 29.0. The summed E-state index contributed by atoms with van der Waals surface area (Å²) in [6.07, 6.45) is 0. The number of rotatable bonds is 6. The number of halogens is 4. The molecule has 3 aromatic carbocycles. The summed E-state index contributed by atoms with van der Waals surface area (Å²) >= 11 is 8.36. The number of aliphatic hydroxyl groups excluding tert-OH is 1. The van der Waals surface area contributed by atoms with Crippen LogP contribution < -0.4 is 10.2 Å². The molecule has 0 radical (unpaired) electrons. The Labute approximate surface area is 243 Å². The highest BCUT2D eigenvalue weighted by Crippen LogP contribution is 2.33. The molecule has 7 nitrogen and oxygen atoms in total. The lowest BCUT2D eigenvalue weighted by atomic mass is 10.0. The fourth-order valence-corrected chi connectivity index (χ4v) is 5.79. The van der Waals surface area contributed by atoms with E-state index in [2.05, 4.69) is 27.9 Å². The number of amides is 1. The molecule has 206 valence electrons. The van der Waals surface area contributed by atoms with Crippen LogP contribution in [-0.4, -0.2) is 52.2 Å². The van der Waals surface area contributed by atoms with E-state index in [0.717, 1.165) is 15.3 Å². The smallest absolute Gasteiger partial charge is 0.337 e. The van der Waals surface area contributed by atoms with Gasteiger partial charge in [0.2, 0.25) is 0 Å². The molecule has 0 aromatic heterocycles. The lowest BCUT2D eigenvalue weighted by Gasteiger charge is -2.45. The van der Waals surface area contributed by atoms with Gasteiger partial charge in [-0.3, -0.25) is 4.79 Å². The monoisotopic (exact) mass is 669 g/mol. The predicted octanol–water partition coefficient (Wildman–Crippen LogP) is 6.20. The van der Waals surface area contributed by atoms with E-state index in [9.17, 15) is 19.8 Å². The molecule has 0 saturated carbocycles. The van der Waals surface area contributed by atoms with Crippen molar-refractivity contribution in [2.75, 3.05) is 23.3 Å². The quantitative estimate of drug-likeness (QED) is 0.271. The molecule has 2 atom stereocenters. The molecule has 4 rings (SSSR count). The SMILES string of the molecule is Cc1cc(I)ccc1Nc1c(C(=O)O)cc(C(=O)N2C(C)CN(c3ccc(CO)c(Cl)c3)CC2C)c(F)c1F. The average Bonchev–Trinajstić information content (AvgIpc) is 2.87. The normalized spacial score (nSPS) is 17.3. The van der Waals surface area contributed by atoms with Crippen molar-refractivity contribution in [2.45, 2.75) is 39.5 Å². The van der Waals surface area contributed by atoms with E-state index < -0.39 is 52.4 Å². The number of carbonyl (C=O) groups is 2. The highest BCUT2D eigenvalue weighted by atomic mass is 127. The number of nitrogens with one attached hydrogen (secondary N) is 1. The number of carboxylic acids is 1. The summed E-state index contributed by atoms with van der Waals surface area (Å²) in [6.45, 7) is 5.90. The molecule has 1 amide bonds. The third kappa shape index (κ3) is 5.82. The number of aromatic carboxylic acids is 1. The van der Waals surface area contributed by atoms with Gasteiger partial charge in [0.25, 0.3) is 5.91 Å². The number of aliphatic hydroxyl groups is 1. The van der Waals surface area contributed by atoms with Gasteiger partial charge in [0.1, 0.15) is 0 Å². The van der Waals surface area contributed by atoms with Crippen molar-refractivity contribution in [2.24, 2.45) is 0 Å².